The highest BCUT2D eigenvalue weighted by molar-refractivity contribution is 5.90. The van der Waals surface area contributed by atoms with Gasteiger partial charge in [-0.2, -0.15) is 4.98 Å². The van der Waals surface area contributed by atoms with Crippen molar-refractivity contribution in [2.75, 3.05) is 24.2 Å². The normalized spacial score (nSPS) is 22.2. The number of rotatable bonds is 3. The number of hydrogen-bond donors (Lipinski definition) is 2. The van der Waals surface area contributed by atoms with E-state index in [1.165, 1.54) is 0 Å². The minimum Gasteiger partial charge on any atom is -0.393 e. The van der Waals surface area contributed by atoms with Crippen molar-refractivity contribution in [1.82, 2.24) is 9.97 Å². The number of aliphatic hydroxyl groups excluding tert-OH is 1. The van der Waals surface area contributed by atoms with Crippen LogP contribution in [0.3, 0.4) is 0 Å². The lowest BCUT2D eigenvalue weighted by Gasteiger charge is -2.35. The minimum absolute atomic E-state index is 0.120. The molecule has 1 heterocycles. The fourth-order valence-electron chi connectivity index (χ4n) is 2.69. The molecule has 0 saturated heterocycles. The van der Waals surface area contributed by atoms with Gasteiger partial charge in [-0.05, 0) is 30.9 Å². The molecule has 3 N–H and O–H groups in total. The van der Waals surface area contributed by atoms with Gasteiger partial charge in [0, 0.05) is 19.0 Å². The standard InChI is InChI=1S/C14H18N4O/c1-18(8-9-6-10(19)7-9)13-11-4-2-3-5-12(11)16-14(15)17-13/h2-5,9-10,19H,6-8H2,1H3,(H2,15,16,17). The number of nitrogens with zero attached hydrogens (tertiary/aromatic N) is 3. The van der Waals surface area contributed by atoms with E-state index in [4.69, 9.17) is 5.73 Å². The zero-order chi connectivity index (χ0) is 13.4. The molecule has 0 amide bonds. The molecule has 3 rings (SSSR count). The molecule has 0 atom stereocenters. The molecule has 1 saturated carbocycles. The second kappa shape index (κ2) is 4.66. The summed E-state index contributed by atoms with van der Waals surface area (Å²) in [6.45, 7) is 0.886. The third-order valence-corrected chi connectivity index (χ3v) is 3.70. The highest BCUT2D eigenvalue weighted by atomic mass is 16.3. The molecule has 5 nitrogen and oxygen atoms in total. The lowest BCUT2D eigenvalue weighted by molar-refractivity contribution is 0.0464. The highest BCUT2D eigenvalue weighted by Crippen LogP contribution is 2.30. The van der Waals surface area contributed by atoms with Crippen LogP contribution in [0, 0.1) is 5.92 Å². The number of hydrogen-bond acceptors (Lipinski definition) is 5. The molecule has 1 aromatic carbocycles. The number of fused-ring (bicyclic) bond motifs is 1. The Morgan fingerprint density at radius 1 is 1.32 bits per heavy atom. The van der Waals surface area contributed by atoms with Gasteiger partial charge in [-0.25, -0.2) is 4.98 Å². The number of aliphatic hydroxyl groups is 1. The number of nitrogens with two attached hydrogens (primary N) is 1. The first-order valence-corrected chi connectivity index (χ1v) is 6.55. The quantitative estimate of drug-likeness (QED) is 0.870. The number of nitrogen functional groups attached to an aromatic ring is 1. The second-order valence-corrected chi connectivity index (χ2v) is 5.29. The van der Waals surface area contributed by atoms with Gasteiger partial charge in [-0.3, -0.25) is 0 Å². The van der Waals surface area contributed by atoms with Crippen LogP contribution in [0.15, 0.2) is 24.3 Å². The van der Waals surface area contributed by atoms with Crippen molar-refractivity contribution in [2.24, 2.45) is 5.92 Å². The summed E-state index contributed by atoms with van der Waals surface area (Å²) in [4.78, 5) is 10.7. The Morgan fingerprint density at radius 2 is 2.05 bits per heavy atom. The summed E-state index contributed by atoms with van der Waals surface area (Å²) < 4.78 is 0. The molecule has 0 radical (unpaired) electrons. The first-order valence-electron chi connectivity index (χ1n) is 6.55. The third-order valence-electron chi connectivity index (χ3n) is 3.70. The Balaban J connectivity index is 1.90. The summed E-state index contributed by atoms with van der Waals surface area (Å²) in [7, 11) is 2.01. The van der Waals surface area contributed by atoms with E-state index in [1.807, 2.05) is 31.3 Å². The first kappa shape index (κ1) is 12.2. The van der Waals surface area contributed by atoms with E-state index in [0.717, 1.165) is 36.1 Å². The van der Waals surface area contributed by atoms with Gasteiger partial charge in [0.15, 0.2) is 0 Å². The van der Waals surface area contributed by atoms with Crippen LogP contribution in [-0.2, 0) is 0 Å². The van der Waals surface area contributed by atoms with E-state index in [1.54, 1.807) is 0 Å². The maximum atomic E-state index is 9.35. The molecular formula is C14H18N4O. The lowest BCUT2D eigenvalue weighted by Crippen LogP contribution is -2.37. The Labute approximate surface area is 112 Å². The number of benzene rings is 1. The summed E-state index contributed by atoms with van der Waals surface area (Å²) in [5, 5.41) is 10.4. The molecule has 100 valence electrons. The summed E-state index contributed by atoms with van der Waals surface area (Å²) >= 11 is 0. The van der Waals surface area contributed by atoms with E-state index < -0.39 is 0 Å². The second-order valence-electron chi connectivity index (χ2n) is 5.29. The van der Waals surface area contributed by atoms with Crippen molar-refractivity contribution in [3.05, 3.63) is 24.3 Å². The van der Waals surface area contributed by atoms with Gasteiger partial charge in [0.25, 0.3) is 0 Å². The van der Waals surface area contributed by atoms with Crippen molar-refractivity contribution in [3.8, 4) is 0 Å². The van der Waals surface area contributed by atoms with Crippen LogP contribution >= 0.6 is 0 Å². The fourth-order valence-corrected chi connectivity index (χ4v) is 2.69. The molecule has 0 bridgehead atoms. The summed E-state index contributed by atoms with van der Waals surface area (Å²) in [6, 6.07) is 7.88. The number of aromatic nitrogens is 2. The molecule has 2 aromatic rings. The van der Waals surface area contributed by atoms with Crippen LogP contribution < -0.4 is 10.6 Å². The van der Waals surface area contributed by atoms with Crippen LogP contribution in [0.2, 0.25) is 0 Å². The Hall–Kier alpha value is -1.88. The minimum atomic E-state index is -0.120. The van der Waals surface area contributed by atoms with Crippen molar-refractivity contribution >= 4 is 22.7 Å². The number of anilines is 2. The van der Waals surface area contributed by atoms with Crippen LogP contribution in [-0.4, -0.2) is 34.8 Å². The monoisotopic (exact) mass is 258 g/mol. The van der Waals surface area contributed by atoms with Gasteiger partial charge in [-0.15, -0.1) is 0 Å². The Bertz CT molecular complexity index is 595. The molecule has 5 heteroatoms. The molecule has 1 aromatic heterocycles. The first-order chi connectivity index (χ1) is 9.13. The maximum absolute atomic E-state index is 9.35. The Morgan fingerprint density at radius 3 is 2.79 bits per heavy atom. The summed E-state index contributed by atoms with van der Waals surface area (Å²) in [5.41, 5.74) is 6.64. The van der Waals surface area contributed by atoms with Crippen LogP contribution in [0.5, 0.6) is 0 Å². The average molecular weight is 258 g/mol. The predicted molar refractivity (Wildman–Crippen MR) is 76.0 cm³/mol. The summed E-state index contributed by atoms with van der Waals surface area (Å²) in [6.07, 6.45) is 1.64. The fraction of sp³-hybridized carbons (Fsp3) is 0.429. The van der Waals surface area contributed by atoms with Crippen LogP contribution in [0.1, 0.15) is 12.8 Å². The maximum Gasteiger partial charge on any atom is 0.222 e. The van der Waals surface area contributed by atoms with E-state index >= 15 is 0 Å². The average Bonchev–Trinajstić information content (AvgIpc) is 2.35. The van der Waals surface area contributed by atoms with Gasteiger partial charge in [0.2, 0.25) is 5.95 Å². The zero-order valence-corrected chi connectivity index (χ0v) is 11.0. The van der Waals surface area contributed by atoms with Crippen molar-refractivity contribution in [1.29, 1.82) is 0 Å². The molecule has 1 aliphatic rings. The molecule has 1 fully saturated rings. The van der Waals surface area contributed by atoms with Gasteiger partial charge < -0.3 is 15.7 Å². The van der Waals surface area contributed by atoms with Gasteiger partial charge in [-0.1, -0.05) is 12.1 Å². The van der Waals surface area contributed by atoms with Crippen molar-refractivity contribution in [3.63, 3.8) is 0 Å². The van der Waals surface area contributed by atoms with Crippen LogP contribution in [0.25, 0.3) is 10.9 Å². The lowest BCUT2D eigenvalue weighted by atomic mass is 9.82. The van der Waals surface area contributed by atoms with Gasteiger partial charge in [0.05, 0.1) is 11.6 Å². The Kier molecular flexibility index (Phi) is 2.98. The van der Waals surface area contributed by atoms with E-state index in [0.29, 0.717) is 11.9 Å². The van der Waals surface area contributed by atoms with Crippen molar-refractivity contribution < 1.29 is 5.11 Å². The zero-order valence-electron chi connectivity index (χ0n) is 11.0. The predicted octanol–water partition coefficient (Wildman–Crippen LogP) is 1.42. The molecule has 0 spiro atoms. The largest absolute Gasteiger partial charge is 0.393 e. The molecular weight excluding hydrogens is 240 g/mol. The number of para-hydroxylation sites is 1. The molecule has 19 heavy (non-hydrogen) atoms. The molecule has 0 unspecified atom stereocenters. The van der Waals surface area contributed by atoms with E-state index in [2.05, 4.69) is 14.9 Å². The van der Waals surface area contributed by atoms with E-state index in [-0.39, 0.29) is 6.10 Å². The van der Waals surface area contributed by atoms with Gasteiger partial charge >= 0.3 is 0 Å². The van der Waals surface area contributed by atoms with Crippen LogP contribution in [0.4, 0.5) is 11.8 Å². The molecule has 0 aliphatic heterocycles. The third kappa shape index (κ3) is 2.33. The van der Waals surface area contributed by atoms with Crippen molar-refractivity contribution in [2.45, 2.75) is 18.9 Å². The summed E-state index contributed by atoms with van der Waals surface area (Å²) in [5.74, 6) is 1.70. The highest BCUT2D eigenvalue weighted by Gasteiger charge is 2.28. The van der Waals surface area contributed by atoms with E-state index in [9.17, 15) is 5.11 Å². The topological polar surface area (TPSA) is 75.3 Å². The molecule has 1 aliphatic carbocycles. The smallest absolute Gasteiger partial charge is 0.222 e. The van der Waals surface area contributed by atoms with Gasteiger partial charge in [0.1, 0.15) is 5.82 Å². The SMILES string of the molecule is CN(CC1CC(O)C1)c1nc(N)nc2ccccc12.